The van der Waals surface area contributed by atoms with Crippen molar-refractivity contribution < 1.29 is 27.9 Å². The van der Waals surface area contributed by atoms with Gasteiger partial charge in [0, 0.05) is 13.1 Å². The quantitative estimate of drug-likeness (QED) is 0.812. The van der Waals surface area contributed by atoms with E-state index in [4.69, 9.17) is 5.11 Å². The van der Waals surface area contributed by atoms with Crippen molar-refractivity contribution in [2.24, 2.45) is 5.92 Å². The van der Waals surface area contributed by atoms with E-state index in [0.29, 0.717) is 5.56 Å². The third-order valence-electron chi connectivity index (χ3n) is 3.42. The maximum Gasteiger partial charge on any atom is 0.337 e. The average Bonchev–Trinajstić information content (AvgIpc) is 2.35. The molecule has 0 spiro atoms. The first-order valence-corrected chi connectivity index (χ1v) is 7.63. The van der Waals surface area contributed by atoms with Crippen molar-refractivity contribution >= 4 is 22.0 Å². The van der Waals surface area contributed by atoms with Crippen LogP contribution in [-0.2, 0) is 19.6 Å². The molecular formula is C13H15NO6S. The van der Waals surface area contributed by atoms with E-state index in [1.54, 1.807) is 6.92 Å². The van der Waals surface area contributed by atoms with Crippen molar-refractivity contribution in [1.82, 2.24) is 4.31 Å². The van der Waals surface area contributed by atoms with Crippen LogP contribution >= 0.6 is 0 Å². The molecular weight excluding hydrogens is 298 g/mol. The van der Waals surface area contributed by atoms with Crippen molar-refractivity contribution in [3.63, 3.8) is 0 Å². The zero-order chi connectivity index (χ0) is 15.8. The minimum absolute atomic E-state index is 0.00533. The Morgan fingerprint density at radius 2 is 1.95 bits per heavy atom. The number of aliphatic carboxylic acids is 1. The van der Waals surface area contributed by atoms with Gasteiger partial charge >= 0.3 is 11.9 Å². The molecule has 0 aromatic heterocycles. The van der Waals surface area contributed by atoms with Gasteiger partial charge in [0.15, 0.2) is 0 Å². The second-order valence-electron chi connectivity index (χ2n) is 4.83. The highest BCUT2D eigenvalue weighted by molar-refractivity contribution is 7.89. The lowest BCUT2D eigenvalue weighted by Crippen LogP contribution is -2.52. The minimum Gasteiger partial charge on any atom is -0.481 e. The number of carboxylic acids is 1. The highest BCUT2D eigenvalue weighted by atomic mass is 32.2. The molecule has 1 fully saturated rings. The highest BCUT2D eigenvalue weighted by Crippen LogP contribution is 2.28. The maximum atomic E-state index is 12.4. The monoisotopic (exact) mass is 313 g/mol. The molecule has 1 saturated heterocycles. The van der Waals surface area contributed by atoms with Crippen molar-refractivity contribution in [3.05, 3.63) is 29.3 Å². The summed E-state index contributed by atoms with van der Waals surface area (Å²) in [6.45, 7) is 1.50. The molecule has 7 nitrogen and oxygen atoms in total. The van der Waals surface area contributed by atoms with Gasteiger partial charge in [0.1, 0.15) is 0 Å². The predicted octanol–water partition coefficient (Wildman–Crippen LogP) is 0.487. The van der Waals surface area contributed by atoms with Gasteiger partial charge < -0.3 is 9.84 Å². The van der Waals surface area contributed by atoms with E-state index >= 15 is 0 Å². The fraction of sp³-hybridized carbons (Fsp3) is 0.385. The first-order valence-electron chi connectivity index (χ1n) is 6.19. The Hall–Kier alpha value is -1.93. The van der Waals surface area contributed by atoms with Gasteiger partial charge in [0.05, 0.1) is 23.5 Å². The molecule has 1 aromatic carbocycles. The summed E-state index contributed by atoms with van der Waals surface area (Å²) < 4.78 is 30.6. The fourth-order valence-corrected chi connectivity index (χ4v) is 3.83. The van der Waals surface area contributed by atoms with Crippen LogP contribution in [0.4, 0.5) is 0 Å². The Morgan fingerprint density at radius 1 is 1.33 bits per heavy atom. The summed E-state index contributed by atoms with van der Waals surface area (Å²) in [6, 6.07) is 4.26. The normalized spacial score (nSPS) is 16.3. The van der Waals surface area contributed by atoms with Crippen LogP contribution < -0.4 is 0 Å². The number of hydrogen-bond donors (Lipinski definition) is 1. The van der Waals surface area contributed by atoms with Crippen LogP contribution in [0.5, 0.6) is 0 Å². The van der Waals surface area contributed by atoms with Crippen LogP contribution in [0.25, 0.3) is 0 Å². The van der Waals surface area contributed by atoms with E-state index in [0.717, 1.165) is 4.31 Å². The largest absolute Gasteiger partial charge is 0.481 e. The predicted molar refractivity (Wildman–Crippen MR) is 72.4 cm³/mol. The zero-order valence-electron chi connectivity index (χ0n) is 11.6. The number of nitrogens with zero attached hydrogens (tertiary/aromatic N) is 1. The first-order chi connectivity index (χ1) is 9.77. The number of methoxy groups -OCH3 is 1. The van der Waals surface area contributed by atoms with Crippen LogP contribution in [0.3, 0.4) is 0 Å². The minimum atomic E-state index is -3.80. The molecule has 0 radical (unpaired) electrons. The van der Waals surface area contributed by atoms with E-state index in [1.807, 2.05) is 0 Å². The number of esters is 1. The summed E-state index contributed by atoms with van der Waals surface area (Å²) in [5.74, 6) is -2.32. The van der Waals surface area contributed by atoms with Crippen LogP contribution in [0.2, 0.25) is 0 Å². The number of carbonyl (C=O) groups is 2. The summed E-state index contributed by atoms with van der Waals surface area (Å²) in [5, 5.41) is 8.81. The number of hydrogen-bond acceptors (Lipinski definition) is 5. The van der Waals surface area contributed by atoms with Crippen molar-refractivity contribution in [1.29, 1.82) is 0 Å². The zero-order valence-corrected chi connectivity index (χ0v) is 12.4. The van der Waals surface area contributed by atoms with Crippen LogP contribution in [0, 0.1) is 12.8 Å². The third-order valence-corrected chi connectivity index (χ3v) is 5.40. The second kappa shape index (κ2) is 5.45. The summed E-state index contributed by atoms with van der Waals surface area (Å²) in [6.07, 6.45) is 0. The van der Waals surface area contributed by atoms with E-state index in [1.165, 1.54) is 25.3 Å². The number of carbonyl (C=O) groups excluding carboxylic acids is 1. The second-order valence-corrected chi connectivity index (χ2v) is 6.74. The average molecular weight is 313 g/mol. The Kier molecular flexibility index (Phi) is 4.02. The molecule has 1 aromatic rings. The van der Waals surface area contributed by atoms with Gasteiger partial charge in [0.25, 0.3) is 0 Å². The molecule has 0 unspecified atom stereocenters. The van der Waals surface area contributed by atoms with Crippen LogP contribution in [-0.4, -0.2) is 50.0 Å². The van der Waals surface area contributed by atoms with Gasteiger partial charge in [-0.3, -0.25) is 4.79 Å². The SMILES string of the molecule is COC(=O)c1ccc(C)c(S(=O)(=O)N2CC(C(=O)O)C2)c1. The summed E-state index contributed by atoms with van der Waals surface area (Å²) in [5.41, 5.74) is 0.624. The molecule has 1 N–H and O–H groups in total. The summed E-state index contributed by atoms with van der Waals surface area (Å²) >= 11 is 0. The van der Waals surface area contributed by atoms with Gasteiger partial charge in [-0.05, 0) is 24.6 Å². The molecule has 1 aliphatic rings. The molecule has 1 aliphatic heterocycles. The lowest BCUT2D eigenvalue weighted by atomic mass is 10.0. The molecule has 0 aliphatic carbocycles. The Balaban J connectivity index is 2.33. The summed E-state index contributed by atoms with van der Waals surface area (Å²) in [4.78, 5) is 22.2. The molecule has 114 valence electrons. The number of carboxylic acid groups (broad SMARTS) is 1. The van der Waals surface area contributed by atoms with E-state index in [9.17, 15) is 18.0 Å². The number of ether oxygens (including phenoxy) is 1. The Labute approximate surface area is 122 Å². The Bertz CT molecular complexity index is 691. The number of rotatable bonds is 4. The third kappa shape index (κ3) is 2.77. The topological polar surface area (TPSA) is 101 Å². The van der Waals surface area contributed by atoms with Crippen molar-refractivity contribution in [2.45, 2.75) is 11.8 Å². The van der Waals surface area contributed by atoms with Crippen LogP contribution in [0.1, 0.15) is 15.9 Å². The van der Waals surface area contributed by atoms with E-state index < -0.39 is 27.9 Å². The standard InChI is InChI=1S/C13H15NO6S/c1-8-3-4-9(13(17)20-2)5-11(8)21(18,19)14-6-10(7-14)12(15)16/h3-5,10H,6-7H2,1-2H3,(H,15,16). The molecule has 21 heavy (non-hydrogen) atoms. The molecule has 0 bridgehead atoms. The lowest BCUT2D eigenvalue weighted by molar-refractivity contribution is -0.145. The van der Waals surface area contributed by atoms with E-state index in [2.05, 4.69) is 4.74 Å². The van der Waals surface area contributed by atoms with Gasteiger partial charge in [0.2, 0.25) is 10.0 Å². The molecule has 2 rings (SSSR count). The molecule has 0 saturated carbocycles. The summed E-state index contributed by atoms with van der Waals surface area (Å²) in [7, 11) is -2.59. The maximum absolute atomic E-state index is 12.4. The molecule has 0 amide bonds. The number of benzene rings is 1. The van der Waals surface area contributed by atoms with Gasteiger partial charge in [-0.25, -0.2) is 13.2 Å². The number of sulfonamides is 1. The smallest absolute Gasteiger partial charge is 0.337 e. The van der Waals surface area contributed by atoms with Crippen molar-refractivity contribution in [3.8, 4) is 0 Å². The van der Waals surface area contributed by atoms with Gasteiger partial charge in [-0.1, -0.05) is 6.07 Å². The fourth-order valence-electron chi connectivity index (χ4n) is 2.05. The molecule has 8 heteroatoms. The van der Waals surface area contributed by atoms with Crippen molar-refractivity contribution in [2.75, 3.05) is 20.2 Å². The Morgan fingerprint density at radius 3 is 2.48 bits per heavy atom. The van der Waals surface area contributed by atoms with Gasteiger partial charge in [-0.15, -0.1) is 0 Å². The molecule has 0 atom stereocenters. The number of aryl methyl sites for hydroxylation is 1. The lowest BCUT2D eigenvalue weighted by Gasteiger charge is -2.35. The first kappa shape index (κ1) is 15.5. The van der Waals surface area contributed by atoms with Crippen LogP contribution in [0.15, 0.2) is 23.1 Å². The molecule has 1 heterocycles. The highest BCUT2D eigenvalue weighted by Gasteiger charge is 2.41. The van der Waals surface area contributed by atoms with Gasteiger partial charge in [-0.2, -0.15) is 4.31 Å². The van der Waals surface area contributed by atoms with E-state index in [-0.39, 0.29) is 23.5 Å².